The van der Waals surface area contributed by atoms with E-state index < -0.39 is 5.97 Å². The van der Waals surface area contributed by atoms with E-state index in [0.717, 1.165) is 35.5 Å². The Morgan fingerprint density at radius 3 is 2.45 bits per heavy atom. The fourth-order valence-corrected chi connectivity index (χ4v) is 6.54. The van der Waals surface area contributed by atoms with Crippen LogP contribution >= 0.6 is 0 Å². The summed E-state index contributed by atoms with van der Waals surface area (Å²) in [5, 5.41) is 9.48. The summed E-state index contributed by atoms with van der Waals surface area (Å²) in [6.07, 6.45) is 7.29. The predicted molar refractivity (Wildman–Crippen MR) is 152 cm³/mol. The molecule has 2 aliphatic rings. The molecule has 1 N–H and O–H groups in total. The Kier molecular flexibility index (Phi) is 7.78. The summed E-state index contributed by atoms with van der Waals surface area (Å²) >= 11 is 0. The van der Waals surface area contributed by atoms with E-state index in [-0.39, 0.29) is 17.8 Å². The summed E-state index contributed by atoms with van der Waals surface area (Å²) in [5.74, 6) is 1.95. The lowest BCUT2D eigenvalue weighted by molar-refractivity contribution is -0.138. The van der Waals surface area contributed by atoms with Crippen molar-refractivity contribution in [3.63, 3.8) is 0 Å². The molecule has 0 radical (unpaired) electrons. The van der Waals surface area contributed by atoms with Crippen molar-refractivity contribution >= 4 is 5.97 Å². The number of carbonyl (C=O) groups is 1. The molecule has 0 unspecified atom stereocenters. The molecule has 5 rings (SSSR count). The average molecular weight is 513 g/mol. The molecule has 4 nitrogen and oxygen atoms in total. The summed E-state index contributed by atoms with van der Waals surface area (Å²) in [7, 11) is 1.71. The second-order valence-corrected chi connectivity index (χ2v) is 11.8. The first kappa shape index (κ1) is 26.3. The maximum atomic E-state index is 11.5. The number of carboxylic acids is 1. The van der Waals surface area contributed by atoms with Gasteiger partial charge in [0.25, 0.3) is 0 Å². The first-order chi connectivity index (χ1) is 18.3. The summed E-state index contributed by atoms with van der Waals surface area (Å²) < 4.78 is 11.8. The van der Waals surface area contributed by atoms with Gasteiger partial charge in [-0.1, -0.05) is 69.2 Å². The molecule has 0 spiro atoms. The van der Waals surface area contributed by atoms with Gasteiger partial charge in [-0.15, -0.1) is 0 Å². The Hall–Kier alpha value is -3.27. The molecule has 3 aromatic carbocycles. The molecule has 0 bridgehead atoms. The first-order valence-corrected chi connectivity index (χ1v) is 14.1. The highest BCUT2D eigenvalue weighted by molar-refractivity contribution is 5.70. The Morgan fingerprint density at radius 1 is 0.974 bits per heavy atom. The van der Waals surface area contributed by atoms with Gasteiger partial charge in [-0.25, -0.2) is 0 Å². The molecule has 0 heterocycles. The second kappa shape index (κ2) is 11.2. The molecule has 0 aliphatic heterocycles. The molecule has 38 heavy (non-hydrogen) atoms. The fraction of sp³-hybridized carbons (Fsp3) is 0.441. The molecule has 0 saturated heterocycles. The highest BCUT2D eigenvalue weighted by atomic mass is 16.5. The van der Waals surface area contributed by atoms with Gasteiger partial charge >= 0.3 is 5.97 Å². The maximum Gasteiger partial charge on any atom is 0.303 e. The van der Waals surface area contributed by atoms with Crippen LogP contribution in [0.2, 0.25) is 0 Å². The first-order valence-electron chi connectivity index (χ1n) is 14.1. The van der Waals surface area contributed by atoms with E-state index >= 15 is 0 Å². The van der Waals surface area contributed by atoms with Crippen LogP contribution in [0.1, 0.15) is 87.3 Å². The van der Waals surface area contributed by atoms with Crippen molar-refractivity contribution in [2.75, 3.05) is 7.11 Å². The van der Waals surface area contributed by atoms with Gasteiger partial charge in [0.15, 0.2) is 0 Å². The largest absolute Gasteiger partial charge is 0.497 e. The number of ether oxygens (including phenoxy) is 2. The lowest BCUT2D eigenvalue weighted by Gasteiger charge is -2.33. The zero-order chi connectivity index (χ0) is 26.7. The van der Waals surface area contributed by atoms with Gasteiger partial charge < -0.3 is 14.6 Å². The van der Waals surface area contributed by atoms with E-state index in [1.54, 1.807) is 7.11 Å². The molecule has 0 amide bonds. The summed E-state index contributed by atoms with van der Waals surface area (Å²) in [6, 6.07) is 23.2. The molecule has 2 aliphatic carbocycles. The van der Waals surface area contributed by atoms with Crippen LogP contribution in [-0.4, -0.2) is 18.2 Å². The van der Waals surface area contributed by atoms with Crippen molar-refractivity contribution in [1.82, 2.24) is 0 Å². The van der Waals surface area contributed by atoms with Crippen molar-refractivity contribution in [1.29, 1.82) is 0 Å². The molecule has 0 aromatic heterocycles. The number of hydrogen-bond acceptors (Lipinski definition) is 3. The standard InChI is InChI=1S/C34H40O4/c1-34(2)17-7-14-32(34)31-18-23(15-16-29(31)25-10-5-12-27(19-25)37-3)22-38-28-13-6-11-26(20-28)30(21-33(35)36)24-8-4-9-24/h5-6,10-13,15-16,18-20,24,30,32H,4,7-9,14,17,21-22H2,1-3H3,(H,35,36)/t30-,32+/m0/s1. The van der Waals surface area contributed by atoms with Crippen LogP contribution in [0.5, 0.6) is 11.5 Å². The SMILES string of the molecule is COc1cccc(-c2ccc(COc3cccc([C@@H](CC(=O)O)C4CCC4)c3)cc2[C@H]2CCCC2(C)C)c1. The van der Waals surface area contributed by atoms with Crippen LogP contribution in [0.3, 0.4) is 0 Å². The minimum Gasteiger partial charge on any atom is -0.497 e. The molecule has 2 atom stereocenters. The zero-order valence-electron chi connectivity index (χ0n) is 22.9. The topological polar surface area (TPSA) is 55.8 Å². The Morgan fingerprint density at radius 2 is 1.76 bits per heavy atom. The quantitative estimate of drug-likeness (QED) is 0.295. The number of methoxy groups -OCH3 is 1. The molecule has 2 fully saturated rings. The third-order valence-corrected chi connectivity index (χ3v) is 8.93. The van der Waals surface area contributed by atoms with E-state index in [9.17, 15) is 9.90 Å². The molecular formula is C34H40O4. The van der Waals surface area contributed by atoms with Crippen LogP contribution in [-0.2, 0) is 11.4 Å². The summed E-state index contributed by atoms with van der Waals surface area (Å²) in [4.78, 5) is 11.5. The summed E-state index contributed by atoms with van der Waals surface area (Å²) in [6.45, 7) is 5.27. The van der Waals surface area contributed by atoms with Crippen LogP contribution in [0.15, 0.2) is 66.7 Å². The van der Waals surface area contributed by atoms with Crippen molar-refractivity contribution in [2.45, 2.75) is 77.2 Å². The third kappa shape index (κ3) is 5.75. The predicted octanol–water partition coefficient (Wildman–Crippen LogP) is 8.59. The molecule has 200 valence electrons. The van der Waals surface area contributed by atoms with Crippen molar-refractivity contribution < 1.29 is 19.4 Å². The Bertz CT molecular complexity index is 1270. The van der Waals surface area contributed by atoms with E-state index in [1.165, 1.54) is 42.4 Å². The number of carboxylic acid groups (broad SMARTS) is 1. The van der Waals surface area contributed by atoms with E-state index in [1.807, 2.05) is 18.2 Å². The van der Waals surface area contributed by atoms with Crippen LogP contribution in [0.25, 0.3) is 11.1 Å². The van der Waals surface area contributed by atoms with Gasteiger partial charge in [-0.2, -0.15) is 0 Å². The minimum absolute atomic E-state index is 0.0585. The normalized spacial score (nSPS) is 19.5. The number of benzene rings is 3. The molecule has 2 saturated carbocycles. The van der Waals surface area contributed by atoms with Crippen LogP contribution in [0.4, 0.5) is 0 Å². The van der Waals surface area contributed by atoms with E-state index in [2.05, 4.69) is 62.4 Å². The van der Waals surface area contributed by atoms with Crippen LogP contribution in [0, 0.1) is 11.3 Å². The highest BCUT2D eigenvalue weighted by Crippen LogP contribution is 2.51. The number of rotatable bonds is 10. The molecular weight excluding hydrogens is 472 g/mol. The van der Waals surface area contributed by atoms with Gasteiger partial charge in [-0.3, -0.25) is 4.79 Å². The lowest BCUT2D eigenvalue weighted by atomic mass is 9.72. The Labute approximate surface area is 227 Å². The smallest absolute Gasteiger partial charge is 0.303 e. The lowest BCUT2D eigenvalue weighted by Crippen LogP contribution is -2.22. The van der Waals surface area contributed by atoms with Gasteiger partial charge in [0.1, 0.15) is 18.1 Å². The molecule has 3 aromatic rings. The van der Waals surface area contributed by atoms with E-state index in [4.69, 9.17) is 9.47 Å². The number of hydrogen-bond donors (Lipinski definition) is 1. The molecule has 4 heteroatoms. The monoisotopic (exact) mass is 512 g/mol. The van der Waals surface area contributed by atoms with Gasteiger partial charge in [0.2, 0.25) is 0 Å². The highest BCUT2D eigenvalue weighted by Gasteiger charge is 2.37. The van der Waals surface area contributed by atoms with Gasteiger partial charge in [0.05, 0.1) is 13.5 Å². The Balaban J connectivity index is 1.40. The summed E-state index contributed by atoms with van der Waals surface area (Å²) in [5.41, 5.74) is 6.33. The number of aliphatic carboxylic acids is 1. The van der Waals surface area contributed by atoms with Gasteiger partial charge in [-0.05, 0) is 101 Å². The van der Waals surface area contributed by atoms with Crippen LogP contribution < -0.4 is 9.47 Å². The van der Waals surface area contributed by atoms with Gasteiger partial charge in [0, 0.05) is 0 Å². The van der Waals surface area contributed by atoms with Crippen molar-refractivity contribution in [3.05, 3.63) is 83.4 Å². The zero-order valence-corrected chi connectivity index (χ0v) is 22.9. The van der Waals surface area contributed by atoms with Crippen molar-refractivity contribution in [3.8, 4) is 22.6 Å². The second-order valence-electron chi connectivity index (χ2n) is 11.8. The maximum absolute atomic E-state index is 11.5. The fourth-order valence-electron chi connectivity index (χ4n) is 6.54. The van der Waals surface area contributed by atoms with E-state index in [0.29, 0.717) is 18.4 Å². The third-order valence-electron chi connectivity index (χ3n) is 8.93. The average Bonchev–Trinajstić information content (AvgIpc) is 3.24. The minimum atomic E-state index is -0.730. The van der Waals surface area contributed by atoms with Crippen molar-refractivity contribution in [2.24, 2.45) is 11.3 Å².